The molecule has 0 aliphatic heterocycles. The standard InChI is InChI=1S/C24H31BrO/c1-19(17-20-9-3-2-4-10-20)15-16-21-11-6-8-14-24(21)26-18-22-12-5-7-13-23(22)25/h5-8,11-14,19-20H,2-4,9-10,15-18H2,1H3. The smallest absolute Gasteiger partial charge is 0.122 e. The first kappa shape index (κ1) is 19.5. The maximum atomic E-state index is 6.16. The summed E-state index contributed by atoms with van der Waals surface area (Å²) in [4.78, 5) is 0. The van der Waals surface area contributed by atoms with Gasteiger partial charge in [-0.3, -0.25) is 0 Å². The molecule has 0 spiro atoms. The summed E-state index contributed by atoms with van der Waals surface area (Å²) >= 11 is 3.61. The van der Waals surface area contributed by atoms with Gasteiger partial charge in [0, 0.05) is 10.0 Å². The van der Waals surface area contributed by atoms with Crippen LogP contribution in [-0.2, 0) is 13.0 Å². The second kappa shape index (κ2) is 10.2. The molecule has 1 atom stereocenters. The third-order valence-corrected chi connectivity index (χ3v) is 6.45. The number of hydrogen-bond donors (Lipinski definition) is 0. The van der Waals surface area contributed by atoms with Gasteiger partial charge in [-0.1, -0.05) is 91.4 Å². The summed E-state index contributed by atoms with van der Waals surface area (Å²) in [6, 6.07) is 16.8. The number of hydrogen-bond acceptors (Lipinski definition) is 1. The van der Waals surface area contributed by atoms with Crippen LogP contribution >= 0.6 is 15.9 Å². The van der Waals surface area contributed by atoms with E-state index in [0.717, 1.165) is 28.5 Å². The first-order valence-corrected chi connectivity index (χ1v) is 11.0. The molecule has 0 heterocycles. The second-order valence-corrected chi connectivity index (χ2v) is 8.73. The summed E-state index contributed by atoms with van der Waals surface area (Å²) in [6.45, 7) is 3.04. The number of aryl methyl sites for hydroxylation is 1. The summed E-state index contributed by atoms with van der Waals surface area (Å²) in [6.07, 6.45) is 11.0. The van der Waals surface area contributed by atoms with Gasteiger partial charge in [-0.25, -0.2) is 0 Å². The van der Waals surface area contributed by atoms with E-state index in [4.69, 9.17) is 4.74 Å². The highest BCUT2D eigenvalue weighted by molar-refractivity contribution is 9.10. The number of ether oxygens (including phenoxy) is 1. The summed E-state index contributed by atoms with van der Waals surface area (Å²) in [5, 5.41) is 0. The van der Waals surface area contributed by atoms with Crippen LogP contribution in [-0.4, -0.2) is 0 Å². The Morgan fingerprint density at radius 1 is 0.962 bits per heavy atom. The quantitative estimate of drug-likeness (QED) is 0.432. The second-order valence-electron chi connectivity index (χ2n) is 7.87. The van der Waals surface area contributed by atoms with Crippen LogP contribution in [0.4, 0.5) is 0 Å². The molecule has 1 aliphatic carbocycles. The van der Waals surface area contributed by atoms with Gasteiger partial charge in [-0.15, -0.1) is 0 Å². The van der Waals surface area contributed by atoms with Crippen molar-refractivity contribution in [2.75, 3.05) is 0 Å². The third kappa shape index (κ3) is 5.87. The molecule has 1 nitrogen and oxygen atoms in total. The minimum absolute atomic E-state index is 0.607. The summed E-state index contributed by atoms with van der Waals surface area (Å²) in [7, 11) is 0. The highest BCUT2D eigenvalue weighted by Crippen LogP contribution is 2.31. The molecular weight excluding hydrogens is 384 g/mol. The van der Waals surface area contributed by atoms with Gasteiger partial charge in [0.2, 0.25) is 0 Å². The van der Waals surface area contributed by atoms with E-state index in [2.05, 4.69) is 65.3 Å². The Hall–Kier alpha value is -1.28. The molecule has 0 N–H and O–H groups in total. The molecule has 2 heteroatoms. The molecule has 2 aromatic carbocycles. The van der Waals surface area contributed by atoms with Crippen molar-refractivity contribution in [2.24, 2.45) is 11.8 Å². The summed E-state index contributed by atoms with van der Waals surface area (Å²) in [5.41, 5.74) is 2.53. The van der Waals surface area contributed by atoms with Crippen LogP contribution in [0.3, 0.4) is 0 Å². The van der Waals surface area contributed by atoms with Gasteiger partial charge in [0.1, 0.15) is 12.4 Å². The first-order valence-electron chi connectivity index (χ1n) is 10.2. The average molecular weight is 415 g/mol. The SMILES string of the molecule is CC(CCc1ccccc1OCc1ccccc1Br)CC1CCCCC1. The predicted molar refractivity (Wildman–Crippen MR) is 114 cm³/mol. The maximum Gasteiger partial charge on any atom is 0.122 e. The fourth-order valence-electron chi connectivity index (χ4n) is 4.13. The van der Waals surface area contributed by atoms with E-state index in [1.807, 2.05) is 6.07 Å². The Labute approximate surface area is 167 Å². The zero-order valence-corrected chi connectivity index (χ0v) is 17.5. The zero-order valence-electron chi connectivity index (χ0n) is 15.9. The van der Waals surface area contributed by atoms with E-state index in [1.165, 1.54) is 56.1 Å². The lowest BCUT2D eigenvalue weighted by Crippen LogP contribution is -2.11. The van der Waals surface area contributed by atoms with E-state index in [-0.39, 0.29) is 0 Å². The molecule has 0 radical (unpaired) electrons. The van der Waals surface area contributed by atoms with E-state index in [9.17, 15) is 0 Å². The van der Waals surface area contributed by atoms with Gasteiger partial charge < -0.3 is 4.74 Å². The fourth-order valence-corrected chi connectivity index (χ4v) is 4.53. The monoisotopic (exact) mass is 414 g/mol. The Morgan fingerprint density at radius 2 is 1.65 bits per heavy atom. The molecule has 0 aromatic heterocycles. The molecule has 140 valence electrons. The lowest BCUT2D eigenvalue weighted by Gasteiger charge is -2.24. The van der Waals surface area contributed by atoms with Crippen LogP contribution in [0.1, 0.15) is 63.0 Å². The summed E-state index contributed by atoms with van der Waals surface area (Å²) < 4.78 is 7.27. The first-order chi connectivity index (χ1) is 12.7. The van der Waals surface area contributed by atoms with Gasteiger partial charge in [0.05, 0.1) is 0 Å². The highest BCUT2D eigenvalue weighted by Gasteiger charge is 2.17. The van der Waals surface area contributed by atoms with Gasteiger partial charge in [-0.05, 0) is 48.8 Å². The topological polar surface area (TPSA) is 9.23 Å². The Kier molecular flexibility index (Phi) is 7.61. The van der Waals surface area contributed by atoms with E-state index >= 15 is 0 Å². The Bertz CT molecular complexity index is 675. The van der Waals surface area contributed by atoms with Crippen LogP contribution in [0.25, 0.3) is 0 Å². The number of halogens is 1. The fraction of sp³-hybridized carbons (Fsp3) is 0.500. The minimum Gasteiger partial charge on any atom is -0.489 e. The molecule has 1 aliphatic rings. The third-order valence-electron chi connectivity index (χ3n) is 5.68. The van der Waals surface area contributed by atoms with Gasteiger partial charge in [-0.2, -0.15) is 0 Å². The molecule has 1 fully saturated rings. The Morgan fingerprint density at radius 3 is 2.42 bits per heavy atom. The molecule has 26 heavy (non-hydrogen) atoms. The molecular formula is C24H31BrO. The van der Waals surface area contributed by atoms with Crippen molar-refractivity contribution in [1.82, 2.24) is 0 Å². The maximum absolute atomic E-state index is 6.16. The molecule has 1 unspecified atom stereocenters. The van der Waals surface area contributed by atoms with Crippen molar-refractivity contribution in [1.29, 1.82) is 0 Å². The Balaban J connectivity index is 1.52. The van der Waals surface area contributed by atoms with Crippen molar-refractivity contribution in [3.05, 3.63) is 64.1 Å². The van der Waals surface area contributed by atoms with E-state index < -0.39 is 0 Å². The summed E-state index contributed by atoms with van der Waals surface area (Å²) in [5.74, 6) is 2.81. The number of benzene rings is 2. The average Bonchev–Trinajstić information content (AvgIpc) is 2.67. The van der Waals surface area contributed by atoms with Gasteiger partial charge >= 0.3 is 0 Å². The van der Waals surface area contributed by atoms with Crippen molar-refractivity contribution in [3.63, 3.8) is 0 Å². The van der Waals surface area contributed by atoms with Crippen LogP contribution in [0.5, 0.6) is 5.75 Å². The highest BCUT2D eigenvalue weighted by atomic mass is 79.9. The van der Waals surface area contributed by atoms with Gasteiger partial charge in [0.25, 0.3) is 0 Å². The van der Waals surface area contributed by atoms with Crippen molar-refractivity contribution in [3.8, 4) is 5.75 Å². The molecule has 0 bridgehead atoms. The lowest BCUT2D eigenvalue weighted by atomic mass is 9.82. The number of para-hydroxylation sites is 1. The molecule has 1 saturated carbocycles. The largest absolute Gasteiger partial charge is 0.489 e. The molecule has 0 amide bonds. The zero-order chi connectivity index (χ0) is 18.2. The minimum atomic E-state index is 0.607. The van der Waals surface area contributed by atoms with Crippen LogP contribution in [0, 0.1) is 11.8 Å². The van der Waals surface area contributed by atoms with Crippen molar-refractivity contribution in [2.45, 2.75) is 64.9 Å². The van der Waals surface area contributed by atoms with Crippen LogP contribution in [0.2, 0.25) is 0 Å². The normalized spacial score (nSPS) is 16.4. The molecule has 0 saturated heterocycles. The lowest BCUT2D eigenvalue weighted by molar-refractivity contribution is 0.285. The number of rotatable bonds is 8. The van der Waals surface area contributed by atoms with E-state index in [0.29, 0.717) is 6.61 Å². The van der Waals surface area contributed by atoms with Crippen LogP contribution < -0.4 is 4.74 Å². The van der Waals surface area contributed by atoms with Crippen molar-refractivity contribution >= 4 is 15.9 Å². The molecule has 2 aromatic rings. The van der Waals surface area contributed by atoms with Gasteiger partial charge in [0.15, 0.2) is 0 Å². The van der Waals surface area contributed by atoms with Crippen molar-refractivity contribution < 1.29 is 4.74 Å². The molecule has 3 rings (SSSR count). The van der Waals surface area contributed by atoms with E-state index in [1.54, 1.807) is 0 Å². The van der Waals surface area contributed by atoms with Crippen LogP contribution in [0.15, 0.2) is 53.0 Å². The predicted octanol–water partition coefficient (Wildman–Crippen LogP) is 7.57.